The van der Waals surface area contributed by atoms with Crippen molar-refractivity contribution in [2.24, 2.45) is 0 Å². The Hall–Kier alpha value is -1.14. The van der Waals surface area contributed by atoms with Crippen LogP contribution in [0, 0.1) is 0 Å². The van der Waals surface area contributed by atoms with Crippen LogP contribution in [-0.4, -0.2) is 34.8 Å². The summed E-state index contributed by atoms with van der Waals surface area (Å²) in [5.41, 5.74) is 0.184. The molecule has 0 aliphatic carbocycles. The molecule has 6 heteroatoms. The Kier molecular flexibility index (Phi) is 4.19. The molecule has 98 valence electrons. The van der Waals surface area contributed by atoms with E-state index in [2.05, 4.69) is 26.2 Å². The van der Waals surface area contributed by atoms with E-state index in [-0.39, 0.29) is 17.7 Å². The molecule has 2 rings (SSSR count). The third-order valence-corrected chi connectivity index (χ3v) is 3.34. The van der Waals surface area contributed by atoms with Crippen LogP contribution in [0.1, 0.15) is 30.1 Å². The molecule has 1 aliphatic heterocycles. The standard InChI is InChI=1S/C12H15BrN2O3/c1-7-4-9(2-3-18-7)15-11-10(12(16)17)5-8(13)6-14-11/h5-7,9H,2-4H2,1H3,(H,14,15)(H,16,17). The maximum Gasteiger partial charge on any atom is 0.339 e. The van der Waals surface area contributed by atoms with Crippen LogP contribution in [-0.2, 0) is 4.74 Å². The number of aromatic nitrogens is 1. The Morgan fingerprint density at radius 3 is 3.11 bits per heavy atom. The SMILES string of the molecule is CC1CC(Nc2ncc(Br)cc2C(=O)O)CCO1. The van der Waals surface area contributed by atoms with Gasteiger partial charge in [-0.1, -0.05) is 0 Å². The Morgan fingerprint density at radius 1 is 1.67 bits per heavy atom. The lowest BCUT2D eigenvalue weighted by Crippen LogP contribution is -2.33. The summed E-state index contributed by atoms with van der Waals surface area (Å²) in [7, 11) is 0. The number of hydrogen-bond donors (Lipinski definition) is 2. The van der Waals surface area contributed by atoms with Gasteiger partial charge in [-0.2, -0.15) is 0 Å². The van der Waals surface area contributed by atoms with Gasteiger partial charge in [0, 0.05) is 23.3 Å². The topological polar surface area (TPSA) is 71.5 Å². The lowest BCUT2D eigenvalue weighted by atomic mass is 10.0. The largest absolute Gasteiger partial charge is 0.478 e. The molecule has 0 radical (unpaired) electrons. The van der Waals surface area contributed by atoms with E-state index < -0.39 is 5.97 Å². The summed E-state index contributed by atoms with van der Waals surface area (Å²) in [6, 6.07) is 1.76. The molecular weight excluding hydrogens is 300 g/mol. The zero-order valence-corrected chi connectivity index (χ0v) is 11.6. The molecule has 1 aliphatic rings. The van der Waals surface area contributed by atoms with Gasteiger partial charge in [0.15, 0.2) is 0 Å². The number of aromatic carboxylic acids is 1. The number of pyridine rings is 1. The van der Waals surface area contributed by atoms with Crippen molar-refractivity contribution in [3.63, 3.8) is 0 Å². The molecular formula is C12H15BrN2O3. The van der Waals surface area contributed by atoms with E-state index in [1.165, 1.54) is 0 Å². The number of rotatable bonds is 3. The normalized spacial score (nSPS) is 23.7. The first-order valence-corrected chi connectivity index (χ1v) is 6.62. The van der Waals surface area contributed by atoms with Crippen LogP contribution in [0.3, 0.4) is 0 Å². The van der Waals surface area contributed by atoms with Crippen molar-refractivity contribution in [1.29, 1.82) is 0 Å². The van der Waals surface area contributed by atoms with Gasteiger partial charge >= 0.3 is 5.97 Å². The first-order chi connectivity index (χ1) is 8.56. The first kappa shape index (κ1) is 13.3. The number of nitrogens with zero attached hydrogens (tertiary/aromatic N) is 1. The van der Waals surface area contributed by atoms with Crippen LogP contribution in [0.4, 0.5) is 5.82 Å². The predicted molar refractivity (Wildman–Crippen MR) is 71.0 cm³/mol. The Labute approximate surface area is 114 Å². The van der Waals surface area contributed by atoms with E-state index in [1.807, 2.05) is 6.92 Å². The summed E-state index contributed by atoms with van der Waals surface area (Å²) < 4.78 is 6.12. The van der Waals surface area contributed by atoms with Crippen LogP contribution < -0.4 is 5.32 Å². The van der Waals surface area contributed by atoms with Gasteiger partial charge in [-0.3, -0.25) is 0 Å². The van der Waals surface area contributed by atoms with E-state index >= 15 is 0 Å². The summed E-state index contributed by atoms with van der Waals surface area (Å²) in [5, 5.41) is 12.3. The van der Waals surface area contributed by atoms with Gasteiger partial charge in [0.25, 0.3) is 0 Å². The molecule has 0 saturated carbocycles. The highest BCUT2D eigenvalue weighted by molar-refractivity contribution is 9.10. The van der Waals surface area contributed by atoms with E-state index in [0.29, 0.717) is 16.9 Å². The molecule has 18 heavy (non-hydrogen) atoms. The van der Waals surface area contributed by atoms with Crippen molar-refractivity contribution >= 4 is 27.7 Å². The number of carboxylic acid groups (broad SMARTS) is 1. The fourth-order valence-electron chi connectivity index (χ4n) is 2.04. The maximum absolute atomic E-state index is 11.2. The molecule has 1 saturated heterocycles. The number of carbonyl (C=O) groups is 1. The number of nitrogens with one attached hydrogen (secondary N) is 1. The van der Waals surface area contributed by atoms with Gasteiger partial charge in [-0.25, -0.2) is 9.78 Å². The van der Waals surface area contributed by atoms with Crippen LogP contribution in [0.5, 0.6) is 0 Å². The lowest BCUT2D eigenvalue weighted by Gasteiger charge is -2.28. The highest BCUT2D eigenvalue weighted by Gasteiger charge is 2.21. The van der Waals surface area contributed by atoms with Crippen LogP contribution in [0.2, 0.25) is 0 Å². The van der Waals surface area contributed by atoms with E-state index in [0.717, 1.165) is 12.8 Å². The molecule has 2 N–H and O–H groups in total. The van der Waals surface area contributed by atoms with Gasteiger partial charge in [0.1, 0.15) is 11.4 Å². The molecule has 2 unspecified atom stereocenters. The molecule has 1 aromatic heterocycles. The highest BCUT2D eigenvalue weighted by atomic mass is 79.9. The minimum absolute atomic E-state index is 0.184. The van der Waals surface area contributed by atoms with E-state index in [9.17, 15) is 4.79 Å². The molecule has 0 bridgehead atoms. The zero-order chi connectivity index (χ0) is 13.1. The van der Waals surface area contributed by atoms with Crippen LogP contribution in [0.25, 0.3) is 0 Å². The predicted octanol–water partition coefficient (Wildman–Crippen LogP) is 2.52. The van der Waals surface area contributed by atoms with Crippen molar-refractivity contribution in [1.82, 2.24) is 4.98 Å². The number of carboxylic acids is 1. The van der Waals surface area contributed by atoms with Crippen molar-refractivity contribution in [3.05, 3.63) is 22.3 Å². The van der Waals surface area contributed by atoms with Gasteiger partial charge in [0.2, 0.25) is 0 Å². The molecule has 2 heterocycles. The first-order valence-electron chi connectivity index (χ1n) is 5.83. The van der Waals surface area contributed by atoms with Gasteiger partial charge in [0.05, 0.1) is 6.10 Å². The Balaban J connectivity index is 2.15. The smallest absolute Gasteiger partial charge is 0.339 e. The van der Waals surface area contributed by atoms with Gasteiger partial charge < -0.3 is 15.2 Å². The quantitative estimate of drug-likeness (QED) is 0.897. The second kappa shape index (κ2) is 5.67. The fourth-order valence-corrected chi connectivity index (χ4v) is 2.37. The summed E-state index contributed by atoms with van der Waals surface area (Å²) in [4.78, 5) is 15.3. The van der Waals surface area contributed by atoms with Crippen molar-refractivity contribution in [2.75, 3.05) is 11.9 Å². The number of halogens is 1. The van der Waals surface area contributed by atoms with Crippen molar-refractivity contribution in [3.8, 4) is 0 Å². The summed E-state index contributed by atoms with van der Waals surface area (Å²) >= 11 is 3.23. The molecule has 0 spiro atoms. The Bertz CT molecular complexity index is 453. The number of anilines is 1. The molecule has 5 nitrogen and oxygen atoms in total. The van der Waals surface area contributed by atoms with Crippen molar-refractivity contribution < 1.29 is 14.6 Å². The maximum atomic E-state index is 11.2. The summed E-state index contributed by atoms with van der Waals surface area (Å²) in [5.74, 6) is -0.559. The summed E-state index contributed by atoms with van der Waals surface area (Å²) in [6.45, 7) is 2.71. The van der Waals surface area contributed by atoms with Crippen LogP contribution >= 0.6 is 15.9 Å². The van der Waals surface area contributed by atoms with E-state index in [1.54, 1.807) is 12.3 Å². The minimum Gasteiger partial charge on any atom is -0.478 e. The molecule has 2 atom stereocenters. The molecule has 1 fully saturated rings. The molecule has 1 aromatic rings. The van der Waals surface area contributed by atoms with Crippen LogP contribution in [0.15, 0.2) is 16.7 Å². The molecule has 0 amide bonds. The average Bonchev–Trinajstić information content (AvgIpc) is 2.31. The highest BCUT2D eigenvalue weighted by Crippen LogP contribution is 2.22. The zero-order valence-electron chi connectivity index (χ0n) is 10.0. The fraction of sp³-hybridized carbons (Fsp3) is 0.500. The van der Waals surface area contributed by atoms with E-state index in [4.69, 9.17) is 9.84 Å². The molecule has 0 aromatic carbocycles. The second-order valence-corrected chi connectivity index (χ2v) is 5.32. The third kappa shape index (κ3) is 3.20. The third-order valence-electron chi connectivity index (χ3n) is 2.91. The second-order valence-electron chi connectivity index (χ2n) is 4.40. The number of ether oxygens (including phenoxy) is 1. The average molecular weight is 315 g/mol. The minimum atomic E-state index is -0.980. The lowest BCUT2D eigenvalue weighted by molar-refractivity contribution is 0.0231. The Morgan fingerprint density at radius 2 is 2.44 bits per heavy atom. The van der Waals surface area contributed by atoms with Crippen molar-refractivity contribution in [2.45, 2.75) is 31.9 Å². The number of hydrogen-bond acceptors (Lipinski definition) is 4. The monoisotopic (exact) mass is 314 g/mol. The summed E-state index contributed by atoms with van der Waals surface area (Å²) in [6.07, 6.45) is 3.51. The van der Waals surface area contributed by atoms with Gasteiger partial charge in [-0.05, 0) is 41.8 Å². The van der Waals surface area contributed by atoms with Gasteiger partial charge in [-0.15, -0.1) is 0 Å².